The first kappa shape index (κ1) is 41.6. The quantitative estimate of drug-likeness (QED) is 0.0576. The molecule has 0 heterocycles. The Morgan fingerprint density at radius 2 is 1.49 bits per heavy atom. The fourth-order valence-electron chi connectivity index (χ4n) is 4.48. The molecule has 0 aromatic heterocycles. The van der Waals surface area contributed by atoms with Gasteiger partial charge in [0.1, 0.15) is 59.8 Å². The minimum Gasteiger partial charge on any atom is -0.493 e. The van der Waals surface area contributed by atoms with Gasteiger partial charge >= 0.3 is 18.0 Å². The molecule has 53 heavy (non-hydrogen) atoms. The van der Waals surface area contributed by atoms with Gasteiger partial charge in [-0.1, -0.05) is 24.8 Å². The average molecular weight is 741 g/mol. The topological polar surface area (TPSA) is 188 Å². The molecule has 4 N–H and O–H groups in total. The molecule has 3 aromatic carbocycles. The van der Waals surface area contributed by atoms with E-state index in [0.29, 0.717) is 5.56 Å². The Kier molecular flexibility index (Phi) is 15.5. The first-order valence-electron chi connectivity index (χ1n) is 16.7. The number of halogens is 1. The van der Waals surface area contributed by atoms with Gasteiger partial charge < -0.3 is 44.0 Å². The van der Waals surface area contributed by atoms with Crippen molar-refractivity contribution in [2.45, 2.75) is 65.8 Å². The molecule has 0 aliphatic rings. The highest BCUT2D eigenvalue weighted by molar-refractivity contribution is 6.08. The number of aliphatic hydroxyl groups excluding tert-OH is 1. The van der Waals surface area contributed by atoms with Crippen molar-refractivity contribution in [3.63, 3.8) is 0 Å². The van der Waals surface area contributed by atoms with Crippen molar-refractivity contribution < 1.29 is 62.2 Å². The lowest BCUT2D eigenvalue weighted by Crippen LogP contribution is -2.27. The number of rotatable bonds is 19. The van der Waals surface area contributed by atoms with Crippen LogP contribution in [0.3, 0.4) is 0 Å². The summed E-state index contributed by atoms with van der Waals surface area (Å²) in [6, 6.07) is 10.8. The van der Waals surface area contributed by atoms with Gasteiger partial charge in [-0.2, -0.15) is 0 Å². The Morgan fingerprint density at radius 3 is 2.11 bits per heavy atom. The van der Waals surface area contributed by atoms with Crippen LogP contribution in [0.5, 0.6) is 23.0 Å². The second-order valence-corrected chi connectivity index (χ2v) is 12.7. The maximum Gasteiger partial charge on any atom is 0.412 e. The monoisotopic (exact) mass is 740 g/mol. The van der Waals surface area contributed by atoms with Gasteiger partial charge in [-0.3, -0.25) is 14.9 Å². The second-order valence-electron chi connectivity index (χ2n) is 12.7. The fourth-order valence-corrected chi connectivity index (χ4v) is 4.48. The van der Waals surface area contributed by atoms with Crippen LogP contribution < -0.4 is 29.6 Å². The van der Waals surface area contributed by atoms with E-state index in [1.165, 1.54) is 54.6 Å². The number of ether oxygens (including phenoxy) is 6. The Labute approximate surface area is 306 Å². The van der Waals surface area contributed by atoms with Crippen LogP contribution in [0.2, 0.25) is 0 Å². The van der Waals surface area contributed by atoms with Gasteiger partial charge in [0.2, 0.25) is 0 Å². The highest BCUT2D eigenvalue weighted by Crippen LogP contribution is 2.38. The Hall–Kier alpha value is -5.83. The molecule has 3 rings (SSSR count). The van der Waals surface area contributed by atoms with E-state index >= 15 is 0 Å². The zero-order valence-corrected chi connectivity index (χ0v) is 30.3. The molecule has 0 spiro atoms. The molecule has 286 valence electrons. The van der Waals surface area contributed by atoms with Gasteiger partial charge in [-0.25, -0.2) is 14.0 Å². The first-order valence-corrected chi connectivity index (χ1v) is 16.7. The van der Waals surface area contributed by atoms with Crippen molar-refractivity contribution >= 4 is 35.3 Å². The predicted octanol–water partition coefficient (Wildman–Crippen LogP) is 6.75. The van der Waals surface area contributed by atoms with Crippen LogP contribution in [-0.4, -0.2) is 72.3 Å². The molecule has 0 aliphatic carbocycles. The van der Waals surface area contributed by atoms with E-state index in [1.54, 1.807) is 34.6 Å². The number of aliphatic hydroxyl groups is 1. The maximum atomic E-state index is 14.1. The molecule has 0 bridgehead atoms. The maximum absolute atomic E-state index is 14.1. The molecular weight excluding hydrogens is 695 g/mol. The predicted molar refractivity (Wildman–Crippen MR) is 193 cm³/mol. The Morgan fingerprint density at radius 1 is 0.868 bits per heavy atom. The minimum absolute atomic E-state index is 0.00240. The lowest BCUT2D eigenvalue weighted by Gasteiger charge is -2.22. The molecular formula is C38H45FN2O12. The highest BCUT2D eigenvalue weighted by Gasteiger charge is 2.25. The summed E-state index contributed by atoms with van der Waals surface area (Å²) in [7, 11) is 0. The fraction of sp³-hybridized carbons (Fsp3) is 0.368. The first-order chi connectivity index (χ1) is 25.1. The SMILES string of the molecule is C=CCOC(=O)c1cc(OCc2ccc(F)cc2)c(NC(=O)c2cc(OCCO)c(NC(=O)OC(C)(C)C)cc2OC(C)C)cc1OCCCC(=O)O. The smallest absolute Gasteiger partial charge is 0.412 e. The number of hydrogen-bond acceptors (Lipinski definition) is 11. The van der Waals surface area contributed by atoms with E-state index in [4.69, 9.17) is 33.5 Å². The van der Waals surface area contributed by atoms with Crippen LogP contribution in [0.15, 0.2) is 61.2 Å². The minimum atomic E-state index is -1.04. The molecule has 2 amide bonds. The van der Waals surface area contributed by atoms with Gasteiger partial charge in [-0.15, -0.1) is 0 Å². The van der Waals surface area contributed by atoms with Crippen LogP contribution in [0.25, 0.3) is 0 Å². The molecule has 0 saturated carbocycles. The van der Waals surface area contributed by atoms with Crippen molar-refractivity contribution in [2.75, 3.05) is 37.1 Å². The van der Waals surface area contributed by atoms with Crippen LogP contribution in [-0.2, 0) is 20.9 Å². The second kappa shape index (κ2) is 19.7. The third-order valence-electron chi connectivity index (χ3n) is 6.66. The number of esters is 1. The number of carboxylic acids is 1. The van der Waals surface area contributed by atoms with Crippen LogP contribution >= 0.6 is 0 Å². The van der Waals surface area contributed by atoms with Crippen LogP contribution in [0, 0.1) is 5.82 Å². The number of carbonyl (C=O) groups is 4. The third kappa shape index (κ3) is 13.7. The number of amides is 2. The molecule has 0 aliphatic heterocycles. The number of carboxylic acid groups (broad SMARTS) is 1. The van der Waals surface area contributed by atoms with Crippen LogP contribution in [0.4, 0.5) is 20.6 Å². The molecule has 0 atom stereocenters. The summed E-state index contributed by atoms with van der Waals surface area (Å²) < 4.78 is 47.7. The van der Waals surface area contributed by atoms with Crippen molar-refractivity contribution in [3.05, 3.63) is 83.7 Å². The zero-order chi connectivity index (χ0) is 39.1. The van der Waals surface area contributed by atoms with E-state index < -0.39 is 41.5 Å². The molecule has 3 aromatic rings. The van der Waals surface area contributed by atoms with Crippen molar-refractivity contribution in [1.82, 2.24) is 0 Å². The van der Waals surface area contributed by atoms with Gasteiger partial charge in [0, 0.05) is 24.6 Å². The number of benzene rings is 3. The summed E-state index contributed by atoms with van der Waals surface area (Å²) in [6.07, 6.45) is 0.0506. The average Bonchev–Trinajstić information content (AvgIpc) is 3.07. The number of anilines is 2. The van der Waals surface area contributed by atoms with Crippen LogP contribution in [0.1, 0.15) is 73.7 Å². The van der Waals surface area contributed by atoms with Gasteiger partial charge in [0.05, 0.1) is 36.3 Å². The number of hydrogen-bond donors (Lipinski definition) is 4. The van der Waals surface area contributed by atoms with E-state index in [2.05, 4.69) is 17.2 Å². The largest absolute Gasteiger partial charge is 0.493 e. The van der Waals surface area contributed by atoms with E-state index in [-0.39, 0.29) is 91.4 Å². The normalized spacial score (nSPS) is 10.9. The summed E-state index contributed by atoms with van der Waals surface area (Å²) in [5, 5.41) is 23.9. The molecule has 15 heteroatoms. The summed E-state index contributed by atoms with van der Waals surface area (Å²) in [4.78, 5) is 51.0. The van der Waals surface area contributed by atoms with Gasteiger partial charge in [-0.05, 0) is 64.8 Å². The van der Waals surface area contributed by atoms with E-state index in [9.17, 15) is 28.7 Å². The van der Waals surface area contributed by atoms with Gasteiger partial charge in [0.15, 0.2) is 0 Å². The van der Waals surface area contributed by atoms with Crippen molar-refractivity contribution in [1.29, 1.82) is 0 Å². The third-order valence-corrected chi connectivity index (χ3v) is 6.66. The molecule has 0 fully saturated rings. The lowest BCUT2D eigenvalue weighted by atomic mass is 10.1. The van der Waals surface area contributed by atoms with Crippen molar-refractivity contribution in [3.8, 4) is 23.0 Å². The van der Waals surface area contributed by atoms with E-state index in [0.717, 1.165) is 0 Å². The summed E-state index contributed by atoms with van der Waals surface area (Å²) in [5.41, 5.74) is -0.266. The number of aliphatic carboxylic acids is 1. The lowest BCUT2D eigenvalue weighted by molar-refractivity contribution is -0.137. The molecule has 0 unspecified atom stereocenters. The number of carbonyl (C=O) groups excluding carboxylic acids is 3. The Bertz CT molecular complexity index is 1750. The van der Waals surface area contributed by atoms with Crippen molar-refractivity contribution in [2.24, 2.45) is 0 Å². The summed E-state index contributed by atoms with van der Waals surface area (Å²) >= 11 is 0. The summed E-state index contributed by atoms with van der Waals surface area (Å²) in [6.45, 7) is 11.2. The molecule has 0 saturated heterocycles. The molecule has 14 nitrogen and oxygen atoms in total. The Balaban J connectivity index is 2.13. The highest BCUT2D eigenvalue weighted by atomic mass is 19.1. The standard InChI is InChI=1S/C38H45FN2O12/c1-7-15-50-36(46)27-19-33(51-22-24-10-12-25(39)13-11-24)28(20-30(27)48-16-8-9-34(43)44)40-35(45)26-18-32(49-17-14-42)29(21-31(26)52-23(2)3)41-37(47)53-38(4,5)6/h7,10-13,18-21,23,42H,1,8-9,14-17,22H2,2-6H3,(H,40,45)(H,41,47)(H,43,44). The number of nitrogens with one attached hydrogen (secondary N) is 2. The zero-order valence-electron chi connectivity index (χ0n) is 30.3. The summed E-state index contributed by atoms with van der Waals surface area (Å²) in [5.74, 6) is -3.03. The van der Waals surface area contributed by atoms with E-state index in [1.807, 2.05) is 0 Å². The molecule has 0 radical (unpaired) electrons. The van der Waals surface area contributed by atoms with Gasteiger partial charge in [0.25, 0.3) is 5.91 Å².